The van der Waals surface area contributed by atoms with Crippen LogP contribution in [0.4, 0.5) is 4.39 Å². The Morgan fingerprint density at radius 2 is 2.15 bits per heavy atom. The topological polar surface area (TPSA) is 29.5 Å². The van der Waals surface area contributed by atoms with Crippen LogP contribution in [0.3, 0.4) is 0 Å². The first-order valence-corrected chi connectivity index (χ1v) is 7.15. The second-order valence-corrected chi connectivity index (χ2v) is 5.54. The number of carbonyl (C=O) groups is 1. The van der Waals surface area contributed by atoms with Crippen molar-refractivity contribution in [2.45, 2.75) is 19.3 Å². The Bertz CT molecular complexity index is 431. The van der Waals surface area contributed by atoms with Crippen LogP contribution < -0.4 is 0 Å². The van der Waals surface area contributed by atoms with Crippen molar-refractivity contribution in [3.8, 4) is 0 Å². The van der Waals surface area contributed by atoms with Gasteiger partial charge >= 0.3 is 0 Å². The average Bonchev–Trinajstić information content (AvgIpc) is 2.42. The number of methoxy groups -OCH3 is 1. The Morgan fingerprint density at radius 3 is 2.85 bits per heavy atom. The number of hydrogen-bond acceptors (Lipinski definition) is 3. The quantitative estimate of drug-likeness (QED) is 0.800. The molecule has 1 aliphatic rings. The molecule has 1 unspecified atom stereocenters. The van der Waals surface area contributed by atoms with Gasteiger partial charge in [0.2, 0.25) is 0 Å². The molecule has 0 spiro atoms. The Morgan fingerprint density at radius 1 is 1.40 bits per heavy atom. The summed E-state index contributed by atoms with van der Waals surface area (Å²) in [4.78, 5) is 14.3. The Labute approximate surface area is 119 Å². The maximum absolute atomic E-state index is 12.8. The van der Waals surface area contributed by atoms with Crippen LogP contribution in [0.5, 0.6) is 0 Å². The molecular formula is C16H22FNO2. The lowest BCUT2D eigenvalue weighted by Gasteiger charge is -2.31. The molecule has 1 fully saturated rings. The number of nitrogens with zero attached hydrogens (tertiary/aromatic N) is 1. The van der Waals surface area contributed by atoms with Crippen molar-refractivity contribution in [1.29, 1.82) is 0 Å². The molecule has 0 N–H and O–H groups in total. The van der Waals surface area contributed by atoms with E-state index < -0.39 is 0 Å². The van der Waals surface area contributed by atoms with Gasteiger partial charge in [-0.2, -0.15) is 0 Å². The van der Waals surface area contributed by atoms with Gasteiger partial charge in [-0.3, -0.25) is 9.69 Å². The van der Waals surface area contributed by atoms with Crippen molar-refractivity contribution in [3.63, 3.8) is 0 Å². The van der Waals surface area contributed by atoms with Gasteiger partial charge in [-0.15, -0.1) is 0 Å². The molecule has 0 aromatic heterocycles. The molecule has 20 heavy (non-hydrogen) atoms. The number of ketones is 1. The van der Waals surface area contributed by atoms with Crippen LogP contribution in [-0.4, -0.2) is 44.0 Å². The van der Waals surface area contributed by atoms with Crippen molar-refractivity contribution in [2.24, 2.45) is 5.92 Å². The summed E-state index contributed by atoms with van der Waals surface area (Å²) >= 11 is 0. The summed E-state index contributed by atoms with van der Waals surface area (Å²) in [6.07, 6.45) is 2.68. The molecule has 0 aliphatic carbocycles. The Hall–Kier alpha value is -1.26. The highest BCUT2D eigenvalue weighted by Gasteiger charge is 2.21. The lowest BCUT2D eigenvalue weighted by atomic mass is 9.98. The summed E-state index contributed by atoms with van der Waals surface area (Å²) in [7, 11) is 1.72. The van der Waals surface area contributed by atoms with Crippen LogP contribution in [0.15, 0.2) is 24.3 Å². The van der Waals surface area contributed by atoms with Gasteiger partial charge in [0.15, 0.2) is 5.78 Å². The molecule has 1 aromatic rings. The first-order chi connectivity index (χ1) is 9.67. The summed E-state index contributed by atoms with van der Waals surface area (Å²) < 4.78 is 18.0. The first kappa shape index (κ1) is 15.1. The van der Waals surface area contributed by atoms with Crippen LogP contribution in [0.1, 0.15) is 18.4 Å². The van der Waals surface area contributed by atoms with Gasteiger partial charge in [0.1, 0.15) is 5.82 Å². The number of carbonyl (C=O) groups excluding carboxylic acids is 1. The standard InChI is InChI=1S/C16H22FNO2/c1-20-12-14-3-2-8-18(10-14)11-16(19)9-13-4-6-15(17)7-5-13/h4-7,14H,2-3,8-12H2,1H3. The molecule has 1 aliphatic heterocycles. The predicted octanol–water partition coefficient (Wildman–Crippen LogP) is 2.30. The van der Waals surface area contributed by atoms with E-state index >= 15 is 0 Å². The highest BCUT2D eigenvalue weighted by molar-refractivity contribution is 5.82. The Balaban J connectivity index is 1.80. The zero-order valence-electron chi connectivity index (χ0n) is 12.0. The van der Waals surface area contributed by atoms with E-state index in [0.29, 0.717) is 18.9 Å². The predicted molar refractivity (Wildman–Crippen MR) is 76.2 cm³/mol. The third-order valence-corrected chi connectivity index (χ3v) is 3.72. The van der Waals surface area contributed by atoms with Gasteiger partial charge in [0, 0.05) is 20.1 Å². The third-order valence-electron chi connectivity index (χ3n) is 3.72. The number of piperidine rings is 1. The molecule has 1 heterocycles. The SMILES string of the molecule is COCC1CCCN(CC(=O)Cc2ccc(F)cc2)C1. The lowest BCUT2D eigenvalue weighted by Crippen LogP contribution is -2.40. The number of rotatable bonds is 6. The number of hydrogen-bond donors (Lipinski definition) is 0. The molecule has 1 atom stereocenters. The molecular weight excluding hydrogens is 257 g/mol. The normalized spacial score (nSPS) is 20.0. The van der Waals surface area contributed by atoms with Gasteiger partial charge in [0.25, 0.3) is 0 Å². The van der Waals surface area contributed by atoms with Gasteiger partial charge in [-0.1, -0.05) is 12.1 Å². The number of Topliss-reactive ketones (excluding diaryl/α,β-unsaturated/α-hetero) is 1. The molecule has 0 bridgehead atoms. The molecule has 0 amide bonds. The molecule has 4 heteroatoms. The second kappa shape index (κ2) is 7.50. The van der Waals surface area contributed by atoms with E-state index in [4.69, 9.17) is 4.74 Å². The minimum atomic E-state index is -0.264. The largest absolute Gasteiger partial charge is 0.384 e. The molecule has 1 saturated heterocycles. The fraction of sp³-hybridized carbons (Fsp3) is 0.562. The summed E-state index contributed by atoms with van der Waals surface area (Å²) in [5.74, 6) is 0.460. The maximum Gasteiger partial charge on any atom is 0.151 e. The van der Waals surface area contributed by atoms with Crippen molar-refractivity contribution >= 4 is 5.78 Å². The highest BCUT2D eigenvalue weighted by atomic mass is 19.1. The molecule has 0 saturated carbocycles. The van der Waals surface area contributed by atoms with E-state index in [-0.39, 0.29) is 11.6 Å². The summed E-state index contributed by atoms with van der Waals surface area (Å²) in [5.41, 5.74) is 0.877. The van der Waals surface area contributed by atoms with Crippen LogP contribution in [0.25, 0.3) is 0 Å². The average molecular weight is 279 g/mol. The van der Waals surface area contributed by atoms with Crippen LogP contribution in [-0.2, 0) is 16.0 Å². The molecule has 110 valence electrons. The number of likely N-dealkylation sites (tertiary alicyclic amines) is 1. The van der Waals surface area contributed by atoms with Gasteiger partial charge in [-0.25, -0.2) is 4.39 Å². The lowest BCUT2D eigenvalue weighted by molar-refractivity contribution is -0.120. The monoisotopic (exact) mass is 279 g/mol. The maximum atomic E-state index is 12.8. The van der Waals surface area contributed by atoms with Crippen molar-refractivity contribution < 1.29 is 13.9 Å². The van der Waals surface area contributed by atoms with Gasteiger partial charge in [0.05, 0.1) is 13.2 Å². The number of benzene rings is 1. The van der Waals surface area contributed by atoms with Crippen LogP contribution >= 0.6 is 0 Å². The summed E-state index contributed by atoms with van der Waals surface area (Å²) in [6.45, 7) is 3.17. The number of halogens is 1. The zero-order chi connectivity index (χ0) is 14.4. The van der Waals surface area contributed by atoms with E-state index in [2.05, 4.69) is 4.90 Å². The highest BCUT2D eigenvalue weighted by Crippen LogP contribution is 2.16. The van der Waals surface area contributed by atoms with Crippen molar-refractivity contribution in [2.75, 3.05) is 33.4 Å². The summed E-state index contributed by atoms with van der Waals surface area (Å²) in [5, 5.41) is 0. The third kappa shape index (κ3) is 4.69. The zero-order valence-corrected chi connectivity index (χ0v) is 12.0. The molecule has 0 radical (unpaired) electrons. The summed E-state index contributed by atoms with van der Waals surface area (Å²) in [6, 6.07) is 6.16. The fourth-order valence-electron chi connectivity index (χ4n) is 2.80. The van der Waals surface area contributed by atoms with Crippen molar-refractivity contribution in [1.82, 2.24) is 4.90 Å². The van der Waals surface area contributed by atoms with E-state index in [1.54, 1.807) is 19.2 Å². The van der Waals surface area contributed by atoms with Crippen LogP contribution in [0.2, 0.25) is 0 Å². The van der Waals surface area contributed by atoms with Gasteiger partial charge < -0.3 is 4.74 Å². The Kier molecular flexibility index (Phi) is 5.68. The molecule has 1 aromatic carbocycles. The van der Waals surface area contributed by atoms with E-state index in [1.165, 1.54) is 18.6 Å². The molecule has 3 nitrogen and oxygen atoms in total. The second-order valence-electron chi connectivity index (χ2n) is 5.54. The van der Waals surface area contributed by atoms with Crippen molar-refractivity contribution in [3.05, 3.63) is 35.6 Å². The fourth-order valence-corrected chi connectivity index (χ4v) is 2.80. The van der Waals surface area contributed by atoms with Crippen LogP contribution in [0, 0.1) is 11.7 Å². The first-order valence-electron chi connectivity index (χ1n) is 7.15. The van der Waals surface area contributed by atoms with E-state index in [9.17, 15) is 9.18 Å². The molecule has 2 rings (SSSR count). The minimum Gasteiger partial charge on any atom is -0.384 e. The van der Waals surface area contributed by atoms with E-state index in [0.717, 1.165) is 31.7 Å². The smallest absolute Gasteiger partial charge is 0.151 e. The minimum absolute atomic E-state index is 0.190. The van der Waals surface area contributed by atoms with Gasteiger partial charge in [-0.05, 0) is 43.0 Å². The number of ether oxygens (including phenoxy) is 1. The van der Waals surface area contributed by atoms with E-state index in [1.807, 2.05) is 0 Å².